The standard InChI is InChI=1S/C26H24N4O2/c31-26(27-20-9-5-2-6-10-20)28-21-11-12-23-22(17-21)25(30-13-15-32-16-14-30)18-24(29-23)19-7-3-1-4-8-19/h1-12,17-18H,13-16H2,(H2,27,28,31). The van der Waals surface area contributed by atoms with Crippen LogP contribution in [0.25, 0.3) is 22.2 Å². The number of anilines is 3. The Bertz CT molecular complexity index is 1220. The number of hydrogen-bond donors (Lipinski definition) is 2. The molecule has 0 aliphatic carbocycles. The van der Waals surface area contributed by atoms with Crippen LogP contribution in [0.1, 0.15) is 0 Å². The number of rotatable bonds is 4. The van der Waals surface area contributed by atoms with E-state index in [0.717, 1.165) is 52.3 Å². The van der Waals surface area contributed by atoms with Gasteiger partial charge in [0.15, 0.2) is 0 Å². The molecule has 6 nitrogen and oxygen atoms in total. The number of morpholine rings is 1. The first-order valence-corrected chi connectivity index (χ1v) is 10.7. The summed E-state index contributed by atoms with van der Waals surface area (Å²) in [5.74, 6) is 0. The summed E-state index contributed by atoms with van der Waals surface area (Å²) in [5.41, 5.74) is 5.46. The summed E-state index contributed by atoms with van der Waals surface area (Å²) in [6, 6.07) is 27.3. The van der Waals surface area contributed by atoms with Crippen molar-refractivity contribution in [1.82, 2.24) is 4.98 Å². The fourth-order valence-electron chi connectivity index (χ4n) is 3.92. The van der Waals surface area contributed by atoms with Gasteiger partial charge in [0.05, 0.1) is 24.4 Å². The predicted molar refractivity (Wildman–Crippen MR) is 129 cm³/mol. The molecule has 0 unspecified atom stereocenters. The van der Waals surface area contributed by atoms with E-state index < -0.39 is 0 Å². The zero-order valence-corrected chi connectivity index (χ0v) is 17.6. The summed E-state index contributed by atoms with van der Waals surface area (Å²) < 4.78 is 5.56. The van der Waals surface area contributed by atoms with Gasteiger partial charge < -0.3 is 20.3 Å². The normalized spacial score (nSPS) is 13.7. The highest BCUT2D eigenvalue weighted by molar-refractivity contribution is 6.03. The third-order valence-electron chi connectivity index (χ3n) is 5.50. The highest BCUT2D eigenvalue weighted by Gasteiger charge is 2.17. The SMILES string of the molecule is O=C(Nc1ccccc1)Nc1ccc2nc(-c3ccccc3)cc(N3CCOCC3)c2c1. The molecule has 2 amide bonds. The van der Waals surface area contributed by atoms with Crippen LogP contribution in [0.15, 0.2) is 84.9 Å². The number of carbonyl (C=O) groups is 1. The van der Waals surface area contributed by atoms with Crippen molar-refractivity contribution in [3.63, 3.8) is 0 Å². The maximum Gasteiger partial charge on any atom is 0.323 e. The Hall–Kier alpha value is -3.90. The molecule has 1 fully saturated rings. The molecule has 1 saturated heterocycles. The smallest absolute Gasteiger partial charge is 0.323 e. The third kappa shape index (κ3) is 4.40. The van der Waals surface area contributed by atoms with Gasteiger partial charge in [-0.25, -0.2) is 9.78 Å². The quantitative estimate of drug-likeness (QED) is 0.461. The van der Waals surface area contributed by atoms with E-state index in [4.69, 9.17) is 9.72 Å². The topological polar surface area (TPSA) is 66.5 Å². The number of para-hydroxylation sites is 1. The summed E-state index contributed by atoms with van der Waals surface area (Å²) in [5, 5.41) is 6.80. The van der Waals surface area contributed by atoms with Crippen LogP contribution in [0.2, 0.25) is 0 Å². The number of nitrogens with one attached hydrogen (secondary N) is 2. The minimum absolute atomic E-state index is 0.280. The van der Waals surface area contributed by atoms with Crippen molar-refractivity contribution in [3.05, 3.63) is 84.9 Å². The van der Waals surface area contributed by atoms with Gasteiger partial charge in [0.2, 0.25) is 0 Å². The largest absolute Gasteiger partial charge is 0.378 e. The Kier molecular flexibility index (Phi) is 5.68. The van der Waals surface area contributed by atoms with Gasteiger partial charge >= 0.3 is 6.03 Å². The second kappa shape index (κ2) is 9.08. The van der Waals surface area contributed by atoms with Gasteiger partial charge in [-0.2, -0.15) is 0 Å². The molecule has 0 radical (unpaired) electrons. The lowest BCUT2D eigenvalue weighted by Crippen LogP contribution is -2.36. The van der Waals surface area contributed by atoms with Crippen molar-refractivity contribution in [2.75, 3.05) is 41.8 Å². The van der Waals surface area contributed by atoms with Crippen LogP contribution in [0.4, 0.5) is 21.9 Å². The molecule has 0 saturated carbocycles. The molecule has 1 aliphatic heterocycles. The summed E-state index contributed by atoms with van der Waals surface area (Å²) in [7, 11) is 0. The average molecular weight is 425 g/mol. The van der Waals surface area contributed by atoms with Crippen molar-refractivity contribution in [1.29, 1.82) is 0 Å². The number of pyridine rings is 1. The van der Waals surface area contributed by atoms with Crippen LogP contribution in [0.5, 0.6) is 0 Å². The predicted octanol–water partition coefficient (Wildman–Crippen LogP) is 5.38. The number of nitrogens with zero attached hydrogens (tertiary/aromatic N) is 2. The fourth-order valence-corrected chi connectivity index (χ4v) is 3.92. The molecular weight excluding hydrogens is 400 g/mol. The number of carbonyl (C=O) groups excluding carboxylic acids is 1. The van der Waals surface area contributed by atoms with Gasteiger partial charge in [-0.05, 0) is 36.4 Å². The van der Waals surface area contributed by atoms with Crippen molar-refractivity contribution in [2.24, 2.45) is 0 Å². The van der Waals surface area contributed by atoms with Gasteiger partial charge in [-0.1, -0.05) is 48.5 Å². The number of benzene rings is 3. The molecular formula is C26H24N4O2. The molecule has 4 aromatic rings. The zero-order valence-electron chi connectivity index (χ0n) is 17.6. The van der Waals surface area contributed by atoms with Crippen molar-refractivity contribution in [3.8, 4) is 11.3 Å². The Morgan fingerprint density at radius 2 is 1.50 bits per heavy atom. The lowest BCUT2D eigenvalue weighted by atomic mass is 10.1. The lowest BCUT2D eigenvalue weighted by Gasteiger charge is -2.30. The van der Waals surface area contributed by atoms with E-state index in [1.54, 1.807) is 0 Å². The van der Waals surface area contributed by atoms with Gasteiger partial charge in [-0.15, -0.1) is 0 Å². The Balaban J connectivity index is 1.50. The molecule has 0 spiro atoms. The molecule has 6 heteroatoms. The molecule has 1 aliphatic rings. The third-order valence-corrected chi connectivity index (χ3v) is 5.50. The maximum atomic E-state index is 12.5. The van der Waals surface area contributed by atoms with Crippen molar-refractivity contribution >= 4 is 34.0 Å². The minimum atomic E-state index is -0.280. The van der Waals surface area contributed by atoms with Crippen LogP contribution < -0.4 is 15.5 Å². The summed E-state index contributed by atoms with van der Waals surface area (Å²) in [4.78, 5) is 19.7. The van der Waals surface area contributed by atoms with Gasteiger partial charge in [0.25, 0.3) is 0 Å². The van der Waals surface area contributed by atoms with E-state index >= 15 is 0 Å². The summed E-state index contributed by atoms with van der Waals surface area (Å²) in [6.07, 6.45) is 0. The molecule has 1 aromatic heterocycles. The highest BCUT2D eigenvalue weighted by Crippen LogP contribution is 2.33. The van der Waals surface area contributed by atoms with Gasteiger partial charge in [0.1, 0.15) is 0 Å². The second-order valence-electron chi connectivity index (χ2n) is 7.67. The first-order valence-electron chi connectivity index (χ1n) is 10.7. The minimum Gasteiger partial charge on any atom is -0.378 e. The zero-order chi connectivity index (χ0) is 21.8. The number of aromatic nitrogens is 1. The average Bonchev–Trinajstić information content (AvgIpc) is 2.85. The van der Waals surface area contributed by atoms with Gasteiger partial charge in [0, 0.05) is 41.1 Å². The first kappa shape index (κ1) is 20.0. The van der Waals surface area contributed by atoms with Crippen LogP contribution in [0, 0.1) is 0 Å². The molecule has 0 atom stereocenters. The summed E-state index contributed by atoms with van der Waals surface area (Å²) in [6.45, 7) is 3.03. The second-order valence-corrected chi connectivity index (χ2v) is 7.67. The first-order chi connectivity index (χ1) is 15.8. The maximum absolute atomic E-state index is 12.5. The van der Waals surface area contributed by atoms with E-state index in [2.05, 4.69) is 33.7 Å². The number of ether oxygens (including phenoxy) is 1. The van der Waals surface area contributed by atoms with Crippen LogP contribution in [-0.2, 0) is 4.74 Å². The number of amides is 2. The molecule has 0 bridgehead atoms. The summed E-state index contributed by atoms with van der Waals surface area (Å²) >= 11 is 0. The molecule has 32 heavy (non-hydrogen) atoms. The Morgan fingerprint density at radius 1 is 0.812 bits per heavy atom. The molecule has 3 aromatic carbocycles. The number of hydrogen-bond acceptors (Lipinski definition) is 4. The Labute approximate surface area is 186 Å². The number of urea groups is 1. The molecule has 160 valence electrons. The van der Waals surface area contributed by atoms with E-state index in [9.17, 15) is 4.79 Å². The highest BCUT2D eigenvalue weighted by atomic mass is 16.5. The molecule has 2 heterocycles. The van der Waals surface area contributed by atoms with Gasteiger partial charge in [-0.3, -0.25) is 0 Å². The fraction of sp³-hybridized carbons (Fsp3) is 0.154. The van der Waals surface area contributed by atoms with E-state index in [1.807, 2.05) is 66.7 Å². The van der Waals surface area contributed by atoms with E-state index in [0.29, 0.717) is 13.2 Å². The van der Waals surface area contributed by atoms with Crippen LogP contribution in [0.3, 0.4) is 0 Å². The van der Waals surface area contributed by atoms with E-state index in [1.165, 1.54) is 0 Å². The Morgan fingerprint density at radius 3 is 2.25 bits per heavy atom. The van der Waals surface area contributed by atoms with Crippen molar-refractivity contribution in [2.45, 2.75) is 0 Å². The monoisotopic (exact) mass is 424 g/mol. The lowest BCUT2D eigenvalue weighted by molar-refractivity contribution is 0.123. The van der Waals surface area contributed by atoms with Crippen LogP contribution >= 0.6 is 0 Å². The molecule has 2 N–H and O–H groups in total. The van der Waals surface area contributed by atoms with Crippen LogP contribution in [-0.4, -0.2) is 37.3 Å². The number of fused-ring (bicyclic) bond motifs is 1. The molecule has 5 rings (SSSR count). The van der Waals surface area contributed by atoms with Crippen molar-refractivity contribution < 1.29 is 9.53 Å². The van der Waals surface area contributed by atoms with E-state index in [-0.39, 0.29) is 6.03 Å².